The van der Waals surface area contributed by atoms with Crippen molar-refractivity contribution in [3.63, 3.8) is 0 Å². The van der Waals surface area contributed by atoms with Crippen LogP contribution in [0.2, 0.25) is 0 Å². The average Bonchev–Trinajstić information content (AvgIpc) is 2.52. The Morgan fingerprint density at radius 3 is 2.55 bits per heavy atom. The highest BCUT2D eigenvalue weighted by molar-refractivity contribution is 6.10. The Balaban J connectivity index is 2.01. The predicted molar refractivity (Wildman–Crippen MR) is 79.1 cm³/mol. The maximum Gasteiger partial charge on any atom is 0.136 e. The fourth-order valence-electron chi connectivity index (χ4n) is 3.08. The molecule has 2 aliphatic rings. The molecule has 2 aliphatic heterocycles. The molecule has 0 spiro atoms. The van der Waals surface area contributed by atoms with E-state index in [0.29, 0.717) is 0 Å². The zero-order valence-corrected chi connectivity index (χ0v) is 10.6. The molecule has 0 unspecified atom stereocenters. The molecule has 20 heavy (non-hydrogen) atoms. The third kappa shape index (κ3) is 1.14. The van der Waals surface area contributed by atoms with Crippen LogP contribution in [0.5, 0.6) is 17.2 Å². The van der Waals surface area contributed by atoms with Crippen molar-refractivity contribution in [2.45, 2.75) is 0 Å². The van der Waals surface area contributed by atoms with E-state index >= 15 is 0 Å². The molecule has 2 nitrogen and oxygen atoms in total. The Hall–Kier alpha value is -2.74. The Kier molecular flexibility index (Phi) is 1.73. The molecule has 0 radical (unpaired) electrons. The van der Waals surface area contributed by atoms with Crippen LogP contribution in [0.3, 0.4) is 0 Å². The van der Waals surface area contributed by atoms with Crippen molar-refractivity contribution in [2.24, 2.45) is 0 Å². The highest BCUT2D eigenvalue weighted by Gasteiger charge is 2.23. The summed E-state index contributed by atoms with van der Waals surface area (Å²) in [5.41, 5.74) is 3.52. The summed E-state index contributed by atoms with van der Waals surface area (Å²) in [6.07, 6.45) is 3.73. The first-order chi connectivity index (χ1) is 9.92. The SMILES string of the molecule is C1=Cc2ccc3c4c(ccc(c24)O1)Oc1ccccc1-3. The van der Waals surface area contributed by atoms with Crippen LogP contribution in [0.4, 0.5) is 0 Å². The molecule has 0 saturated carbocycles. The van der Waals surface area contributed by atoms with E-state index in [9.17, 15) is 0 Å². The van der Waals surface area contributed by atoms with Crippen LogP contribution < -0.4 is 9.47 Å². The summed E-state index contributed by atoms with van der Waals surface area (Å²) in [5, 5.41) is 2.28. The van der Waals surface area contributed by atoms with Crippen LogP contribution in [0, 0.1) is 0 Å². The molecule has 2 heteroatoms. The largest absolute Gasteiger partial charge is 0.464 e. The van der Waals surface area contributed by atoms with Crippen LogP contribution in [0.15, 0.2) is 54.8 Å². The smallest absolute Gasteiger partial charge is 0.136 e. The number of para-hydroxylation sites is 1. The van der Waals surface area contributed by atoms with E-state index in [1.807, 2.05) is 36.4 Å². The van der Waals surface area contributed by atoms with E-state index in [-0.39, 0.29) is 0 Å². The van der Waals surface area contributed by atoms with Crippen molar-refractivity contribution in [1.29, 1.82) is 0 Å². The Labute approximate surface area is 115 Å². The zero-order chi connectivity index (χ0) is 13.1. The van der Waals surface area contributed by atoms with Gasteiger partial charge < -0.3 is 9.47 Å². The third-order valence-corrected chi connectivity index (χ3v) is 3.96. The van der Waals surface area contributed by atoms with Gasteiger partial charge in [0.1, 0.15) is 17.2 Å². The minimum atomic E-state index is 0.895. The van der Waals surface area contributed by atoms with Gasteiger partial charge in [0, 0.05) is 16.3 Å². The first-order valence-electron chi connectivity index (χ1n) is 6.62. The van der Waals surface area contributed by atoms with Crippen LogP contribution >= 0.6 is 0 Å². The van der Waals surface area contributed by atoms with Gasteiger partial charge in [0.2, 0.25) is 0 Å². The predicted octanol–water partition coefficient (Wildman–Crippen LogP) is 4.98. The van der Waals surface area contributed by atoms with Gasteiger partial charge >= 0.3 is 0 Å². The van der Waals surface area contributed by atoms with Gasteiger partial charge in [-0.25, -0.2) is 0 Å². The lowest BCUT2D eigenvalue weighted by molar-refractivity contribution is 0.476. The summed E-state index contributed by atoms with van der Waals surface area (Å²) in [6.45, 7) is 0. The second-order valence-corrected chi connectivity index (χ2v) is 5.03. The van der Waals surface area contributed by atoms with E-state index in [2.05, 4.69) is 18.2 Å². The highest BCUT2D eigenvalue weighted by atomic mass is 16.5. The van der Waals surface area contributed by atoms with Crippen LogP contribution in [0.1, 0.15) is 5.56 Å². The standard InChI is InChI=1S/C18H10O2/c1-2-4-14-12(3-1)13-6-5-11-9-10-19-15-7-8-16(20-14)18(13)17(11)15/h1-10H. The van der Waals surface area contributed by atoms with Crippen LogP contribution in [-0.2, 0) is 0 Å². The Morgan fingerprint density at radius 2 is 1.55 bits per heavy atom. The molecule has 0 aliphatic carbocycles. The maximum absolute atomic E-state index is 6.05. The lowest BCUT2D eigenvalue weighted by Crippen LogP contribution is -2.00. The molecule has 0 N–H and O–H groups in total. The summed E-state index contributed by atoms with van der Waals surface area (Å²) in [7, 11) is 0. The number of benzene rings is 3. The van der Waals surface area contributed by atoms with Crippen LogP contribution in [-0.4, -0.2) is 0 Å². The van der Waals surface area contributed by atoms with Crippen molar-refractivity contribution in [3.05, 3.63) is 60.4 Å². The van der Waals surface area contributed by atoms with Gasteiger partial charge in [-0.3, -0.25) is 0 Å². The normalized spacial score (nSPS) is 13.6. The van der Waals surface area contributed by atoms with E-state index in [0.717, 1.165) is 33.6 Å². The van der Waals surface area contributed by atoms with Crippen molar-refractivity contribution >= 4 is 16.8 Å². The topological polar surface area (TPSA) is 18.5 Å². The fraction of sp³-hybridized carbons (Fsp3) is 0. The van der Waals surface area contributed by atoms with E-state index < -0.39 is 0 Å². The molecule has 0 aromatic heterocycles. The Morgan fingerprint density at radius 1 is 0.650 bits per heavy atom. The quantitative estimate of drug-likeness (QED) is 0.443. The van der Waals surface area contributed by atoms with Gasteiger partial charge in [-0.05, 0) is 35.4 Å². The molecule has 3 aromatic rings. The van der Waals surface area contributed by atoms with E-state index in [1.165, 1.54) is 11.1 Å². The first-order valence-corrected chi connectivity index (χ1v) is 6.62. The molecule has 0 bridgehead atoms. The zero-order valence-electron chi connectivity index (χ0n) is 10.6. The molecule has 0 atom stereocenters. The number of hydrogen-bond donors (Lipinski definition) is 0. The second-order valence-electron chi connectivity index (χ2n) is 5.03. The number of rotatable bonds is 0. The van der Waals surface area contributed by atoms with E-state index in [4.69, 9.17) is 9.47 Å². The number of ether oxygens (including phenoxy) is 2. The van der Waals surface area contributed by atoms with E-state index in [1.54, 1.807) is 6.26 Å². The lowest BCUT2D eigenvalue weighted by atomic mass is 9.91. The number of hydrogen-bond acceptors (Lipinski definition) is 2. The number of fused-ring (bicyclic) bond motifs is 2. The summed E-state index contributed by atoms with van der Waals surface area (Å²) >= 11 is 0. The second kappa shape index (κ2) is 3.42. The molecule has 0 saturated heterocycles. The fourth-order valence-corrected chi connectivity index (χ4v) is 3.08. The van der Waals surface area contributed by atoms with Crippen molar-refractivity contribution < 1.29 is 9.47 Å². The lowest BCUT2D eigenvalue weighted by Gasteiger charge is -2.24. The molecule has 3 aromatic carbocycles. The van der Waals surface area contributed by atoms with Gasteiger partial charge in [-0.1, -0.05) is 30.3 Å². The third-order valence-electron chi connectivity index (χ3n) is 3.96. The Bertz CT molecular complexity index is 907. The molecular formula is C18H10O2. The summed E-state index contributed by atoms with van der Waals surface area (Å²) in [5.74, 6) is 2.71. The first kappa shape index (κ1) is 10.1. The van der Waals surface area contributed by atoms with Gasteiger partial charge in [-0.2, -0.15) is 0 Å². The summed E-state index contributed by atoms with van der Waals surface area (Å²) < 4.78 is 11.7. The molecule has 0 fully saturated rings. The van der Waals surface area contributed by atoms with Gasteiger partial charge in [0.25, 0.3) is 0 Å². The van der Waals surface area contributed by atoms with Crippen molar-refractivity contribution in [1.82, 2.24) is 0 Å². The molecule has 94 valence electrons. The highest BCUT2D eigenvalue weighted by Crippen LogP contribution is 2.50. The maximum atomic E-state index is 6.05. The van der Waals surface area contributed by atoms with Crippen molar-refractivity contribution in [3.8, 4) is 28.4 Å². The molecular weight excluding hydrogens is 248 g/mol. The minimum absolute atomic E-state index is 0.895. The van der Waals surface area contributed by atoms with Gasteiger partial charge in [-0.15, -0.1) is 0 Å². The molecule has 2 heterocycles. The van der Waals surface area contributed by atoms with Gasteiger partial charge in [0.05, 0.1) is 6.26 Å². The van der Waals surface area contributed by atoms with Crippen molar-refractivity contribution in [2.75, 3.05) is 0 Å². The average molecular weight is 258 g/mol. The summed E-state index contributed by atoms with van der Waals surface area (Å²) in [6, 6.07) is 16.4. The van der Waals surface area contributed by atoms with Gasteiger partial charge in [0.15, 0.2) is 0 Å². The monoisotopic (exact) mass is 258 g/mol. The molecule has 0 amide bonds. The molecule has 5 rings (SSSR count). The van der Waals surface area contributed by atoms with Crippen LogP contribution in [0.25, 0.3) is 28.0 Å². The summed E-state index contributed by atoms with van der Waals surface area (Å²) in [4.78, 5) is 0. The minimum Gasteiger partial charge on any atom is -0.464 e.